The van der Waals surface area contributed by atoms with Gasteiger partial charge < -0.3 is 9.73 Å². The van der Waals surface area contributed by atoms with Crippen LogP contribution in [0.2, 0.25) is 10.0 Å². The normalized spacial score (nSPS) is 11.1. The Morgan fingerprint density at radius 2 is 1.45 bits per heavy atom. The molecule has 0 atom stereocenters. The largest absolute Gasteiger partial charge is 0.436 e. The lowest BCUT2D eigenvalue weighted by molar-refractivity contribution is -0.116. The Morgan fingerprint density at radius 1 is 0.788 bits per heavy atom. The van der Waals surface area contributed by atoms with Gasteiger partial charge in [-0.05, 0) is 47.5 Å². The second-order valence-electron chi connectivity index (χ2n) is 7.57. The fraction of sp³-hybridized carbons (Fsp3) is 0.0370. The van der Waals surface area contributed by atoms with Crippen LogP contribution >= 0.6 is 23.2 Å². The summed E-state index contributed by atoms with van der Waals surface area (Å²) >= 11 is 12.1. The van der Waals surface area contributed by atoms with Crippen LogP contribution in [0.3, 0.4) is 0 Å². The number of halogens is 2. The monoisotopic (exact) mass is 472 g/mol. The smallest absolute Gasteiger partial charge is 0.236 e. The molecule has 162 valence electrons. The number of nitrogens with one attached hydrogen (secondary N) is 1. The molecule has 4 aromatic carbocycles. The number of rotatable bonds is 5. The summed E-state index contributed by atoms with van der Waals surface area (Å²) < 4.78 is 5.87. The van der Waals surface area contributed by atoms with E-state index in [1.165, 1.54) is 0 Å². The van der Waals surface area contributed by atoms with Crippen LogP contribution in [0, 0.1) is 0 Å². The molecule has 6 heteroatoms. The van der Waals surface area contributed by atoms with Gasteiger partial charge in [0.2, 0.25) is 11.8 Å². The third-order valence-electron chi connectivity index (χ3n) is 5.35. The van der Waals surface area contributed by atoms with Crippen LogP contribution in [0.5, 0.6) is 0 Å². The van der Waals surface area contributed by atoms with Gasteiger partial charge in [0, 0.05) is 11.3 Å². The standard InChI is InChI=1S/C27H18Cl2N2O2/c28-21-13-11-19(15-22(21)29)27-31-23-16-20(12-14-24(23)33-27)30-26(32)25(17-7-3-1-4-8-17)18-9-5-2-6-10-18/h1-16,25H,(H,30,32). The number of oxazole rings is 1. The van der Waals surface area contributed by atoms with Crippen molar-refractivity contribution in [1.29, 1.82) is 0 Å². The number of anilines is 1. The molecular formula is C27H18Cl2N2O2. The maximum absolute atomic E-state index is 13.4. The van der Waals surface area contributed by atoms with Crippen LogP contribution in [-0.4, -0.2) is 10.9 Å². The van der Waals surface area contributed by atoms with E-state index >= 15 is 0 Å². The first-order valence-electron chi connectivity index (χ1n) is 10.4. The minimum absolute atomic E-state index is 0.125. The zero-order chi connectivity index (χ0) is 22.8. The first-order chi connectivity index (χ1) is 16.1. The minimum atomic E-state index is -0.438. The average molecular weight is 473 g/mol. The van der Waals surface area contributed by atoms with Gasteiger partial charge >= 0.3 is 0 Å². The van der Waals surface area contributed by atoms with Crippen molar-refractivity contribution in [3.05, 3.63) is 118 Å². The molecule has 0 aliphatic carbocycles. The Hall–Kier alpha value is -3.60. The van der Waals surface area contributed by atoms with Crippen LogP contribution in [-0.2, 0) is 4.79 Å². The SMILES string of the molecule is O=C(Nc1ccc2oc(-c3ccc(Cl)c(Cl)c3)nc2c1)C(c1ccccc1)c1ccccc1. The summed E-state index contributed by atoms with van der Waals surface area (Å²) in [6.07, 6.45) is 0. The van der Waals surface area contributed by atoms with Gasteiger partial charge in [-0.25, -0.2) is 4.98 Å². The molecule has 5 rings (SSSR count). The molecule has 0 radical (unpaired) electrons. The Labute approximate surface area is 200 Å². The van der Waals surface area contributed by atoms with E-state index in [-0.39, 0.29) is 5.91 Å². The minimum Gasteiger partial charge on any atom is -0.436 e. The lowest BCUT2D eigenvalue weighted by Gasteiger charge is -2.18. The quantitative estimate of drug-likeness (QED) is 0.286. The number of hydrogen-bond donors (Lipinski definition) is 1. The highest BCUT2D eigenvalue weighted by Gasteiger charge is 2.23. The van der Waals surface area contributed by atoms with Gasteiger partial charge in [0.1, 0.15) is 5.52 Å². The molecule has 4 nitrogen and oxygen atoms in total. The summed E-state index contributed by atoms with van der Waals surface area (Å²) in [6, 6.07) is 30.1. The highest BCUT2D eigenvalue weighted by molar-refractivity contribution is 6.42. The average Bonchev–Trinajstić information content (AvgIpc) is 3.26. The van der Waals surface area contributed by atoms with E-state index in [0.29, 0.717) is 32.7 Å². The predicted molar refractivity (Wildman–Crippen MR) is 133 cm³/mol. The molecule has 0 saturated carbocycles. The zero-order valence-electron chi connectivity index (χ0n) is 17.3. The van der Waals surface area contributed by atoms with Crippen LogP contribution < -0.4 is 5.32 Å². The summed E-state index contributed by atoms with van der Waals surface area (Å²) in [5.74, 6) is -0.134. The number of hydrogen-bond acceptors (Lipinski definition) is 3. The summed E-state index contributed by atoms with van der Waals surface area (Å²) in [7, 11) is 0. The van der Waals surface area contributed by atoms with Crippen molar-refractivity contribution in [2.24, 2.45) is 0 Å². The van der Waals surface area contributed by atoms with E-state index in [4.69, 9.17) is 27.6 Å². The molecular weight excluding hydrogens is 455 g/mol. The van der Waals surface area contributed by atoms with Crippen LogP contribution in [0.15, 0.2) is 101 Å². The Bertz CT molecular complexity index is 1390. The molecule has 1 heterocycles. The van der Waals surface area contributed by atoms with E-state index in [9.17, 15) is 4.79 Å². The van der Waals surface area contributed by atoms with Crippen molar-refractivity contribution >= 4 is 45.9 Å². The van der Waals surface area contributed by atoms with E-state index in [1.54, 1.807) is 36.4 Å². The van der Waals surface area contributed by atoms with E-state index in [2.05, 4.69) is 10.3 Å². The second kappa shape index (κ2) is 9.10. The van der Waals surface area contributed by atoms with Gasteiger partial charge in [-0.2, -0.15) is 0 Å². The number of nitrogens with zero attached hydrogens (tertiary/aromatic N) is 1. The van der Waals surface area contributed by atoms with Gasteiger partial charge in [-0.15, -0.1) is 0 Å². The molecule has 0 bridgehead atoms. The number of carbonyl (C=O) groups is 1. The molecule has 0 aliphatic rings. The fourth-order valence-corrected chi connectivity index (χ4v) is 4.06. The molecule has 5 aromatic rings. The van der Waals surface area contributed by atoms with Gasteiger partial charge in [0.25, 0.3) is 0 Å². The van der Waals surface area contributed by atoms with Crippen molar-refractivity contribution < 1.29 is 9.21 Å². The van der Waals surface area contributed by atoms with Crippen molar-refractivity contribution in [2.75, 3.05) is 5.32 Å². The Balaban J connectivity index is 1.45. The highest BCUT2D eigenvalue weighted by atomic mass is 35.5. The Morgan fingerprint density at radius 3 is 2.09 bits per heavy atom. The molecule has 1 amide bonds. The molecule has 0 unspecified atom stereocenters. The van der Waals surface area contributed by atoms with Gasteiger partial charge in [-0.1, -0.05) is 83.9 Å². The number of carbonyl (C=O) groups excluding carboxylic acids is 1. The second-order valence-corrected chi connectivity index (χ2v) is 8.39. The molecule has 0 fully saturated rings. The number of benzene rings is 4. The van der Waals surface area contributed by atoms with E-state index in [1.807, 2.05) is 60.7 Å². The first kappa shape index (κ1) is 21.3. The molecule has 33 heavy (non-hydrogen) atoms. The Kier molecular flexibility index (Phi) is 5.86. The topological polar surface area (TPSA) is 55.1 Å². The lowest BCUT2D eigenvalue weighted by Crippen LogP contribution is -2.22. The number of aromatic nitrogens is 1. The number of fused-ring (bicyclic) bond motifs is 1. The van der Waals surface area contributed by atoms with Crippen molar-refractivity contribution in [3.63, 3.8) is 0 Å². The van der Waals surface area contributed by atoms with Crippen LogP contribution in [0.25, 0.3) is 22.6 Å². The van der Waals surface area contributed by atoms with Gasteiger partial charge in [0.05, 0.1) is 16.0 Å². The van der Waals surface area contributed by atoms with E-state index in [0.717, 1.165) is 16.7 Å². The molecule has 1 aromatic heterocycles. The maximum atomic E-state index is 13.4. The fourth-order valence-electron chi connectivity index (χ4n) is 3.76. The number of amides is 1. The van der Waals surface area contributed by atoms with Crippen molar-refractivity contribution in [3.8, 4) is 11.5 Å². The molecule has 0 saturated heterocycles. The highest BCUT2D eigenvalue weighted by Crippen LogP contribution is 2.31. The van der Waals surface area contributed by atoms with Crippen molar-refractivity contribution in [2.45, 2.75) is 5.92 Å². The summed E-state index contributed by atoms with van der Waals surface area (Å²) in [4.78, 5) is 17.9. The van der Waals surface area contributed by atoms with E-state index < -0.39 is 5.92 Å². The first-order valence-corrected chi connectivity index (χ1v) is 11.1. The third-order valence-corrected chi connectivity index (χ3v) is 6.09. The molecule has 0 aliphatic heterocycles. The van der Waals surface area contributed by atoms with Crippen LogP contribution in [0.1, 0.15) is 17.0 Å². The van der Waals surface area contributed by atoms with Gasteiger partial charge in [-0.3, -0.25) is 4.79 Å². The maximum Gasteiger partial charge on any atom is 0.236 e. The summed E-state index contributed by atoms with van der Waals surface area (Å²) in [6.45, 7) is 0. The zero-order valence-corrected chi connectivity index (χ0v) is 18.8. The molecule has 1 N–H and O–H groups in total. The third kappa shape index (κ3) is 4.49. The summed E-state index contributed by atoms with van der Waals surface area (Å²) in [5.41, 5.74) is 4.44. The van der Waals surface area contributed by atoms with Gasteiger partial charge in [0.15, 0.2) is 5.58 Å². The molecule has 0 spiro atoms. The van der Waals surface area contributed by atoms with Crippen LogP contribution in [0.4, 0.5) is 5.69 Å². The summed E-state index contributed by atoms with van der Waals surface area (Å²) in [5, 5.41) is 3.93. The van der Waals surface area contributed by atoms with Crippen molar-refractivity contribution in [1.82, 2.24) is 4.98 Å². The predicted octanol–water partition coefficient (Wildman–Crippen LogP) is 7.57. The lowest BCUT2D eigenvalue weighted by atomic mass is 9.90.